The molecule has 8 heteroatoms. The van der Waals surface area contributed by atoms with Crippen LogP contribution in [-0.2, 0) is 14.4 Å². The second kappa shape index (κ2) is 23.5. The summed E-state index contributed by atoms with van der Waals surface area (Å²) in [6.45, 7) is 1.93. The predicted octanol–water partition coefficient (Wildman–Crippen LogP) is 4.42. The maximum atomic E-state index is 7.57. The molecule has 0 bridgehead atoms. The number of rotatable bonds is 0. The molecular formula is C2H6I5OV2. The van der Waals surface area contributed by atoms with E-state index in [1.807, 2.05) is 0 Å². The third-order valence-electron chi connectivity index (χ3n) is 0. The van der Waals surface area contributed by atoms with Crippen molar-refractivity contribution >= 4 is 99.9 Å². The molecule has 0 rings (SSSR count). The predicted molar refractivity (Wildman–Crippen MR) is 82.9 cm³/mol. The van der Waals surface area contributed by atoms with E-state index in [1.165, 1.54) is 0 Å². The van der Waals surface area contributed by atoms with Crippen LogP contribution in [0.3, 0.4) is 0 Å². The zero-order valence-electron chi connectivity index (χ0n) is 4.94. The molecule has 0 spiro atoms. The van der Waals surface area contributed by atoms with E-state index in [4.69, 9.17) is 5.11 Å². The van der Waals surface area contributed by atoms with Crippen LogP contribution in [0.1, 0.15) is 6.92 Å². The average molecular weight is 782 g/mol. The van der Waals surface area contributed by atoms with Crippen molar-refractivity contribution in [1.29, 1.82) is 0 Å². The van der Waals surface area contributed by atoms with Gasteiger partial charge in [0.25, 0.3) is 0 Å². The Morgan fingerprint density at radius 1 is 1.30 bits per heavy atom. The van der Waals surface area contributed by atoms with E-state index >= 15 is 0 Å². The van der Waals surface area contributed by atoms with Gasteiger partial charge in [-0.25, -0.2) is 0 Å². The first-order valence-electron chi connectivity index (χ1n) is 1.87. The Bertz CT molecular complexity index is 34.1. The van der Waals surface area contributed by atoms with E-state index in [0.29, 0.717) is 9.47 Å². The first kappa shape index (κ1) is 20.2. The summed E-state index contributed by atoms with van der Waals surface area (Å²) >= 11 is 12.1. The Morgan fingerprint density at radius 2 is 1.30 bits per heavy atom. The molecule has 0 amide bonds. The van der Waals surface area contributed by atoms with Gasteiger partial charge in [-0.15, -0.1) is 0 Å². The van der Waals surface area contributed by atoms with Gasteiger partial charge in [-0.05, 0) is 6.92 Å². The van der Waals surface area contributed by atoms with Gasteiger partial charge < -0.3 is 5.11 Å². The van der Waals surface area contributed by atoms with Crippen molar-refractivity contribution < 1.29 is 19.5 Å². The molecule has 0 aliphatic rings. The summed E-state index contributed by atoms with van der Waals surface area (Å²) < 4.78 is 0. The van der Waals surface area contributed by atoms with E-state index in [0.717, 1.165) is 0 Å². The SMILES string of the molecule is CCO.[I][V]([I])[I].[I][V][I]. The molecule has 1 nitrogen and oxygen atoms in total. The van der Waals surface area contributed by atoms with Gasteiger partial charge in [-0.2, -0.15) is 0 Å². The fourth-order valence-corrected chi connectivity index (χ4v) is 0. The zero-order chi connectivity index (χ0) is 8.99. The average Bonchev–Trinajstić information content (AvgIpc) is 1.65. The van der Waals surface area contributed by atoms with Crippen LogP contribution in [0.25, 0.3) is 0 Å². The fraction of sp³-hybridized carbons (Fsp3) is 1.00. The van der Waals surface area contributed by atoms with E-state index in [1.54, 1.807) is 6.92 Å². The summed E-state index contributed by atoms with van der Waals surface area (Å²) in [5.41, 5.74) is 0. The molecule has 0 heterocycles. The van der Waals surface area contributed by atoms with Gasteiger partial charge in [0.2, 0.25) is 0 Å². The molecule has 0 unspecified atom stereocenters. The Kier molecular flexibility index (Phi) is 47.6. The molecule has 65 valence electrons. The van der Waals surface area contributed by atoms with E-state index in [2.05, 4.69) is 99.9 Å². The van der Waals surface area contributed by atoms with Gasteiger partial charge >= 0.3 is 114 Å². The Balaban J connectivity index is -0.0000000750. The number of hydrogen-bond acceptors (Lipinski definition) is 1. The monoisotopic (exact) mass is 782 g/mol. The van der Waals surface area contributed by atoms with Crippen LogP contribution in [0.2, 0.25) is 0 Å². The number of hydrogen-bond donors (Lipinski definition) is 1. The number of aliphatic hydroxyl groups is 1. The van der Waals surface area contributed by atoms with E-state index in [-0.39, 0.29) is 11.5 Å². The van der Waals surface area contributed by atoms with Gasteiger partial charge in [-0.3, -0.25) is 0 Å². The maximum absolute atomic E-state index is 7.57. The summed E-state index contributed by atoms with van der Waals surface area (Å²) in [4.78, 5) is -0.278. The fourth-order valence-electron chi connectivity index (χ4n) is 0. The standard InChI is InChI=1S/C2H6O.5HI.2V/c1-2-3;;;;;;;/h3H,2H2,1H3;5*1H;;/q;;;;;;+2;+3/p-5. The molecule has 0 aromatic carbocycles. The minimum atomic E-state index is -0.278. The first-order chi connectivity index (χ1) is 4.56. The summed E-state index contributed by atoms with van der Waals surface area (Å²) in [6.07, 6.45) is 0. The number of aliphatic hydroxyl groups excluding tert-OH is 1. The molecule has 0 aliphatic carbocycles. The first-order valence-corrected chi connectivity index (χ1v) is 24.4. The second-order valence-electron chi connectivity index (χ2n) is 0.572. The Morgan fingerprint density at radius 3 is 1.30 bits per heavy atom. The van der Waals surface area contributed by atoms with Crippen molar-refractivity contribution in [2.75, 3.05) is 6.61 Å². The molecule has 0 saturated heterocycles. The van der Waals surface area contributed by atoms with Crippen LogP contribution < -0.4 is 0 Å². The van der Waals surface area contributed by atoms with Gasteiger partial charge in [0, 0.05) is 6.61 Å². The molecule has 0 atom stereocenters. The molecule has 0 saturated carbocycles. The zero-order valence-corrected chi connectivity index (χ0v) is 18.5. The van der Waals surface area contributed by atoms with E-state index < -0.39 is 0 Å². The van der Waals surface area contributed by atoms with Crippen molar-refractivity contribution in [3.63, 3.8) is 0 Å². The van der Waals surface area contributed by atoms with Crippen molar-refractivity contribution in [2.45, 2.75) is 6.92 Å². The summed E-state index contributed by atoms with van der Waals surface area (Å²) in [6, 6.07) is 0. The van der Waals surface area contributed by atoms with Crippen molar-refractivity contribution in [1.82, 2.24) is 0 Å². The van der Waals surface area contributed by atoms with Gasteiger partial charge in [0.1, 0.15) is 0 Å². The van der Waals surface area contributed by atoms with Gasteiger partial charge in [-0.1, -0.05) is 0 Å². The molecule has 0 radical (unpaired) electrons. The molecule has 0 aliphatic heterocycles. The topological polar surface area (TPSA) is 20.2 Å². The third kappa shape index (κ3) is 77.6. The van der Waals surface area contributed by atoms with Crippen molar-refractivity contribution in [3.8, 4) is 0 Å². The van der Waals surface area contributed by atoms with E-state index in [9.17, 15) is 0 Å². The summed E-state index contributed by atoms with van der Waals surface area (Å²) in [5.74, 6) is 0. The molecule has 0 fully saturated rings. The molecule has 0 aromatic rings. The summed E-state index contributed by atoms with van der Waals surface area (Å²) in [7, 11) is 0.628. The molecular weight excluding hydrogens is 776 g/mol. The Labute approximate surface area is 129 Å². The second-order valence-corrected chi connectivity index (χ2v) is 47.7. The van der Waals surface area contributed by atoms with Crippen molar-refractivity contribution in [3.05, 3.63) is 0 Å². The van der Waals surface area contributed by atoms with Crippen LogP contribution in [-0.4, -0.2) is 11.7 Å². The van der Waals surface area contributed by atoms with Crippen LogP contribution >= 0.6 is 99.9 Å². The molecule has 1 N–H and O–H groups in total. The van der Waals surface area contributed by atoms with Crippen LogP contribution in [0, 0.1) is 0 Å². The van der Waals surface area contributed by atoms with Crippen molar-refractivity contribution in [2.24, 2.45) is 0 Å². The van der Waals surface area contributed by atoms with Gasteiger partial charge in [0.15, 0.2) is 0 Å². The minimum absolute atomic E-state index is 0.250. The van der Waals surface area contributed by atoms with Crippen LogP contribution in [0.4, 0.5) is 0 Å². The quantitative estimate of drug-likeness (QED) is 0.362. The Hall–Kier alpha value is 4.78. The molecule has 0 aromatic heterocycles. The summed E-state index contributed by atoms with van der Waals surface area (Å²) in [5, 5.41) is 7.57. The third-order valence-corrected chi connectivity index (χ3v) is 0. The van der Waals surface area contributed by atoms with Gasteiger partial charge in [0.05, 0.1) is 0 Å². The van der Waals surface area contributed by atoms with Crippen LogP contribution in [0.5, 0.6) is 0 Å². The number of halogens is 5. The normalized spacial score (nSPS) is 6.80. The molecule has 10 heavy (non-hydrogen) atoms. The van der Waals surface area contributed by atoms with Crippen LogP contribution in [0.15, 0.2) is 0 Å².